The zero-order valence-electron chi connectivity index (χ0n) is 20.8. The van der Waals surface area contributed by atoms with E-state index in [9.17, 15) is 19.5 Å². The molecule has 0 spiro atoms. The molecule has 7 nitrogen and oxygen atoms in total. The molecule has 1 aromatic rings. The first-order chi connectivity index (χ1) is 15.6. The van der Waals surface area contributed by atoms with Gasteiger partial charge in [-0.2, -0.15) is 0 Å². The van der Waals surface area contributed by atoms with E-state index in [4.69, 9.17) is 9.47 Å². The molecule has 186 valence electrons. The summed E-state index contributed by atoms with van der Waals surface area (Å²) in [5.41, 5.74) is 0.127. The van der Waals surface area contributed by atoms with Crippen LogP contribution in [0.4, 0.5) is 5.69 Å². The molecule has 1 amide bonds. The summed E-state index contributed by atoms with van der Waals surface area (Å²) in [7, 11) is 1.42. The fourth-order valence-electron chi connectivity index (χ4n) is 3.81. The molecule has 1 rings (SSSR count). The lowest BCUT2D eigenvalue weighted by Gasteiger charge is -2.24. The number of carbonyl (C=O) groups is 3. The summed E-state index contributed by atoms with van der Waals surface area (Å²) >= 11 is 0. The van der Waals surface area contributed by atoms with Crippen molar-refractivity contribution in [3.8, 4) is 5.75 Å². The molecule has 0 aromatic heterocycles. The minimum Gasteiger partial charge on any atom is -0.508 e. The normalized spacial score (nSPS) is 13.1. The maximum Gasteiger partial charge on any atom is 0.308 e. The van der Waals surface area contributed by atoms with Crippen LogP contribution in [-0.2, 0) is 23.9 Å². The Morgan fingerprint density at radius 1 is 1.03 bits per heavy atom. The number of nitrogens with one attached hydrogen (secondary N) is 1. The molecule has 0 saturated carbocycles. The summed E-state index contributed by atoms with van der Waals surface area (Å²) in [6.07, 6.45) is 6.72. The number of aromatic hydroxyl groups is 1. The fourth-order valence-corrected chi connectivity index (χ4v) is 3.81. The van der Waals surface area contributed by atoms with Crippen molar-refractivity contribution in [2.75, 3.05) is 19.0 Å². The van der Waals surface area contributed by atoms with Gasteiger partial charge in [0.05, 0.1) is 19.6 Å². The Morgan fingerprint density at radius 3 is 2.24 bits per heavy atom. The zero-order valence-corrected chi connectivity index (χ0v) is 20.8. The van der Waals surface area contributed by atoms with E-state index < -0.39 is 5.41 Å². The lowest BCUT2D eigenvalue weighted by molar-refractivity contribution is -0.145. The van der Waals surface area contributed by atoms with E-state index in [0.29, 0.717) is 12.3 Å². The van der Waals surface area contributed by atoms with Gasteiger partial charge >= 0.3 is 11.9 Å². The number of esters is 2. The van der Waals surface area contributed by atoms with Crippen LogP contribution in [-0.4, -0.2) is 36.7 Å². The van der Waals surface area contributed by atoms with Crippen LogP contribution < -0.4 is 5.32 Å². The minimum atomic E-state index is -0.530. The van der Waals surface area contributed by atoms with Crippen molar-refractivity contribution in [1.29, 1.82) is 0 Å². The van der Waals surface area contributed by atoms with Gasteiger partial charge in [0.1, 0.15) is 5.75 Å². The van der Waals surface area contributed by atoms with Crippen molar-refractivity contribution >= 4 is 23.5 Å². The number of anilines is 1. The number of amides is 1. The van der Waals surface area contributed by atoms with Gasteiger partial charge in [0, 0.05) is 18.0 Å². The molecule has 0 bridgehead atoms. The number of methoxy groups -OCH3 is 1. The molecule has 2 unspecified atom stereocenters. The third-order valence-corrected chi connectivity index (χ3v) is 6.12. The van der Waals surface area contributed by atoms with Gasteiger partial charge in [0.25, 0.3) is 0 Å². The average Bonchev–Trinajstić information content (AvgIpc) is 2.78. The van der Waals surface area contributed by atoms with Gasteiger partial charge < -0.3 is 19.9 Å². The molecule has 33 heavy (non-hydrogen) atoms. The topological polar surface area (TPSA) is 102 Å². The molecular weight excluding hydrogens is 422 g/mol. The molecule has 0 saturated heterocycles. The number of ether oxygens (including phenoxy) is 2. The third-order valence-electron chi connectivity index (χ3n) is 6.12. The Kier molecular flexibility index (Phi) is 12.6. The maximum absolute atomic E-state index is 12.7. The van der Waals surface area contributed by atoms with E-state index in [1.54, 1.807) is 24.3 Å². The smallest absolute Gasteiger partial charge is 0.308 e. The fraction of sp³-hybridized carbons (Fsp3) is 0.654. The van der Waals surface area contributed by atoms with Gasteiger partial charge in [-0.05, 0) is 62.3 Å². The monoisotopic (exact) mass is 463 g/mol. The molecule has 0 heterocycles. The summed E-state index contributed by atoms with van der Waals surface area (Å²) in [5, 5.41) is 12.3. The highest BCUT2D eigenvalue weighted by molar-refractivity contribution is 5.94. The summed E-state index contributed by atoms with van der Waals surface area (Å²) in [6, 6.07) is 6.43. The van der Waals surface area contributed by atoms with E-state index in [0.717, 1.165) is 51.4 Å². The molecule has 0 aliphatic rings. The number of unbranched alkanes of at least 4 members (excludes halogenated alkanes) is 1. The zero-order chi connectivity index (χ0) is 24.9. The van der Waals surface area contributed by atoms with Gasteiger partial charge in [-0.15, -0.1) is 0 Å². The average molecular weight is 464 g/mol. The molecule has 2 N–H and O–H groups in total. The second kappa shape index (κ2) is 14.6. The van der Waals surface area contributed by atoms with Crippen LogP contribution >= 0.6 is 0 Å². The summed E-state index contributed by atoms with van der Waals surface area (Å²) < 4.78 is 10.1. The van der Waals surface area contributed by atoms with E-state index in [1.165, 1.54) is 14.0 Å². The number of phenolic OH excluding ortho intramolecular Hbond substituents is 1. The Morgan fingerprint density at radius 2 is 1.67 bits per heavy atom. The highest BCUT2D eigenvalue weighted by Gasteiger charge is 2.27. The highest BCUT2D eigenvalue weighted by atomic mass is 16.5. The first kappa shape index (κ1) is 28.5. The predicted molar refractivity (Wildman–Crippen MR) is 129 cm³/mol. The van der Waals surface area contributed by atoms with Crippen LogP contribution in [0.15, 0.2) is 24.3 Å². The Balaban J connectivity index is 2.48. The van der Waals surface area contributed by atoms with Crippen LogP contribution in [0.5, 0.6) is 5.75 Å². The summed E-state index contributed by atoms with van der Waals surface area (Å²) in [4.78, 5) is 35.7. The Hall–Kier alpha value is -2.57. The van der Waals surface area contributed by atoms with Crippen LogP contribution in [0.3, 0.4) is 0 Å². The van der Waals surface area contributed by atoms with Crippen LogP contribution in [0.25, 0.3) is 0 Å². The van der Waals surface area contributed by atoms with Gasteiger partial charge in [-0.1, -0.05) is 40.0 Å². The molecule has 0 fully saturated rings. The predicted octanol–water partition coefficient (Wildman–Crippen LogP) is 5.47. The molecule has 2 atom stereocenters. The second-order valence-corrected chi connectivity index (χ2v) is 9.36. The van der Waals surface area contributed by atoms with Crippen LogP contribution in [0.1, 0.15) is 79.1 Å². The van der Waals surface area contributed by atoms with Crippen molar-refractivity contribution < 1.29 is 29.0 Å². The molecule has 0 radical (unpaired) electrons. The SMILES string of the molecule is CCC(CCCC(CCCCC(C)(C)C(=O)Nc1ccc(O)cc1)COC(C)=O)C(=O)OC. The maximum atomic E-state index is 12.7. The lowest BCUT2D eigenvalue weighted by Crippen LogP contribution is -2.30. The van der Waals surface area contributed by atoms with E-state index in [2.05, 4.69) is 5.32 Å². The van der Waals surface area contributed by atoms with Crippen molar-refractivity contribution in [1.82, 2.24) is 0 Å². The number of hydrogen-bond acceptors (Lipinski definition) is 6. The molecule has 1 aromatic carbocycles. The molecule has 7 heteroatoms. The van der Waals surface area contributed by atoms with Crippen LogP contribution in [0, 0.1) is 17.3 Å². The minimum absolute atomic E-state index is 0.0573. The van der Waals surface area contributed by atoms with E-state index >= 15 is 0 Å². The summed E-state index contributed by atoms with van der Waals surface area (Å²) in [5.74, 6) is -0.200. The highest BCUT2D eigenvalue weighted by Crippen LogP contribution is 2.28. The number of rotatable bonds is 15. The van der Waals surface area contributed by atoms with Gasteiger partial charge in [-0.25, -0.2) is 0 Å². The standard InChI is InChI=1S/C26H41NO6/c1-6-21(24(30)32-5)12-9-11-20(18-33-19(2)28)10-7-8-17-26(3,4)25(31)27-22-13-15-23(29)16-14-22/h13-16,20-21,29H,6-12,17-18H2,1-5H3,(H,27,31). The van der Waals surface area contributed by atoms with Crippen molar-refractivity contribution in [3.63, 3.8) is 0 Å². The van der Waals surface area contributed by atoms with Crippen LogP contribution in [0.2, 0.25) is 0 Å². The number of carbonyl (C=O) groups excluding carboxylic acids is 3. The first-order valence-corrected chi connectivity index (χ1v) is 11.9. The molecular formula is C26H41NO6. The van der Waals surface area contributed by atoms with Crippen molar-refractivity contribution in [2.24, 2.45) is 17.3 Å². The van der Waals surface area contributed by atoms with Gasteiger partial charge in [0.2, 0.25) is 5.91 Å². The quantitative estimate of drug-likeness (QED) is 0.203. The number of benzene rings is 1. The van der Waals surface area contributed by atoms with Gasteiger partial charge in [-0.3, -0.25) is 14.4 Å². The van der Waals surface area contributed by atoms with E-state index in [1.807, 2.05) is 20.8 Å². The Labute approximate surface area is 198 Å². The third kappa shape index (κ3) is 11.2. The largest absolute Gasteiger partial charge is 0.508 e. The van der Waals surface area contributed by atoms with Crippen molar-refractivity contribution in [3.05, 3.63) is 24.3 Å². The van der Waals surface area contributed by atoms with E-state index in [-0.39, 0.29) is 35.4 Å². The first-order valence-electron chi connectivity index (χ1n) is 11.9. The summed E-state index contributed by atoms with van der Waals surface area (Å²) in [6.45, 7) is 7.64. The lowest BCUT2D eigenvalue weighted by atomic mass is 9.84. The van der Waals surface area contributed by atoms with Crippen molar-refractivity contribution in [2.45, 2.75) is 79.1 Å². The Bertz CT molecular complexity index is 744. The molecule has 0 aliphatic heterocycles. The molecule has 0 aliphatic carbocycles. The number of phenols is 1. The second-order valence-electron chi connectivity index (χ2n) is 9.36. The number of hydrogen-bond donors (Lipinski definition) is 2. The van der Waals surface area contributed by atoms with Gasteiger partial charge in [0.15, 0.2) is 0 Å².